The lowest BCUT2D eigenvalue weighted by atomic mass is 9.89. The predicted molar refractivity (Wildman–Crippen MR) is 322 cm³/mol. The number of aryl methyl sites for hydroxylation is 1. The van der Waals surface area contributed by atoms with E-state index in [1.165, 1.54) is 0 Å². The van der Waals surface area contributed by atoms with E-state index in [4.69, 9.17) is 6.57 Å². The lowest BCUT2D eigenvalue weighted by Crippen LogP contribution is -2.01. The second-order valence-electron chi connectivity index (χ2n) is 19.9. The molecular weight excluding hydrogens is 989 g/mol. The average molecular weight is 1030 g/mol. The second-order valence-corrected chi connectivity index (χ2v) is 19.9. The minimum absolute atomic E-state index is 0.461. The van der Waals surface area contributed by atoms with Gasteiger partial charge >= 0.3 is 0 Å². The third-order valence-electron chi connectivity index (χ3n) is 15.5. The largest absolute Gasteiger partial charge is 0.309 e. The molecule has 0 aliphatic heterocycles. The zero-order valence-electron chi connectivity index (χ0n) is 43.4. The number of aromatic nitrogens is 2. The molecule has 0 radical (unpaired) electrons. The molecule has 13 rings (SSSR count). The summed E-state index contributed by atoms with van der Waals surface area (Å²) in [6, 6.07) is 85.5. The van der Waals surface area contributed by atoms with Gasteiger partial charge in [0.1, 0.15) is 0 Å². The summed E-state index contributed by atoms with van der Waals surface area (Å²) in [6.45, 7) is 10.0. The smallest absolute Gasteiger partial charge is 0.194 e. The van der Waals surface area contributed by atoms with Crippen molar-refractivity contribution in [2.24, 2.45) is 0 Å². The normalized spacial score (nSPS) is 11.0. The van der Waals surface area contributed by atoms with Crippen molar-refractivity contribution >= 4 is 49.3 Å². The summed E-state index contributed by atoms with van der Waals surface area (Å²) in [5.74, 6) is 0. The van der Waals surface area contributed by atoms with Gasteiger partial charge in [-0.15, -0.1) is 0 Å². The monoisotopic (exact) mass is 1030 g/mol. The van der Waals surface area contributed by atoms with E-state index in [1.54, 1.807) is 0 Å². The number of rotatable bonds is 8. The predicted octanol–water partition coefficient (Wildman–Crippen LogP) is 18.1. The average Bonchev–Trinajstić information content (AvgIpc) is 4.27. The van der Waals surface area contributed by atoms with Crippen molar-refractivity contribution in [2.45, 2.75) is 6.92 Å². The van der Waals surface area contributed by atoms with Crippen molar-refractivity contribution < 1.29 is 0 Å². The number of nitriles is 5. The van der Waals surface area contributed by atoms with E-state index in [2.05, 4.69) is 123 Å². The molecule has 0 atom stereocenters. The van der Waals surface area contributed by atoms with Crippen LogP contribution in [-0.2, 0) is 0 Å². The van der Waals surface area contributed by atoms with Gasteiger partial charge < -0.3 is 9.13 Å². The van der Waals surface area contributed by atoms with Crippen LogP contribution in [0.1, 0.15) is 33.4 Å². The van der Waals surface area contributed by atoms with Crippen molar-refractivity contribution in [1.29, 1.82) is 26.3 Å². The van der Waals surface area contributed by atoms with Gasteiger partial charge in [-0.3, -0.25) is 0 Å². The molecule has 372 valence electrons. The van der Waals surface area contributed by atoms with Crippen molar-refractivity contribution in [3.8, 4) is 108 Å². The topological polar surface area (TPSA) is 133 Å². The summed E-state index contributed by atoms with van der Waals surface area (Å²) in [4.78, 5) is 3.87. The molecule has 0 unspecified atom stereocenters. The summed E-state index contributed by atoms with van der Waals surface area (Å²) >= 11 is 0. The first kappa shape index (κ1) is 48.6. The second kappa shape index (κ2) is 19.8. The van der Waals surface area contributed by atoms with Gasteiger partial charge in [-0.25, -0.2) is 4.85 Å². The fourth-order valence-electron chi connectivity index (χ4n) is 11.7. The Morgan fingerprint density at radius 1 is 0.333 bits per heavy atom. The van der Waals surface area contributed by atoms with Crippen LogP contribution in [0.25, 0.3) is 127 Å². The Morgan fingerprint density at radius 2 is 0.753 bits per heavy atom. The first-order chi connectivity index (χ1) is 39.8. The number of benzene rings is 11. The van der Waals surface area contributed by atoms with Gasteiger partial charge in [0.25, 0.3) is 0 Å². The summed E-state index contributed by atoms with van der Waals surface area (Å²) in [7, 11) is 0. The molecule has 11 aromatic carbocycles. The molecule has 0 N–H and O–H groups in total. The van der Waals surface area contributed by atoms with E-state index < -0.39 is 0 Å². The molecule has 0 saturated heterocycles. The fourth-order valence-corrected chi connectivity index (χ4v) is 11.7. The maximum Gasteiger partial charge on any atom is 0.194 e. The highest BCUT2D eigenvalue weighted by Gasteiger charge is 2.24. The Hall–Kier alpha value is -12.0. The van der Waals surface area contributed by atoms with Crippen molar-refractivity contribution in [3.05, 3.63) is 269 Å². The molecular formula is C73H40N8. The third-order valence-corrected chi connectivity index (χ3v) is 15.5. The first-order valence-corrected chi connectivity index (χ1v) is 26.1. The van der Waals surface area contributed by atoms with E-state index >= 15 is 0 Å². The van der Waals surface area contributed by atoms with Crippen LogP contribution in [0.2, 0.25) is 0 Å². The van der Waals surface area contributed by atoms with E-state index in [0.717, 1.165) is 127 Å². The molecule has 0 saturated carbocycles. The molecule has 13 aromatic rings. The lowest BCUT2D eigenvalue weighted by molar-refractivity contribution is 1.17. The number of hydrogen-bond donors (Lipinski definition) is 0. The SMILES string of the molecule is [C-]#[N+]c1ccccc1-c1ccc2c(c1)c1cc(-c3ccccc3C#N)ccc1n2-c1ccc(-c2ccc(C#N)cc2C)c(-c2cc(C#N)ccc2-n2c3ccc(-c4ccccc4C#N)cc3c3cc(-c4ccccc4C#N)ccc32)c1. The molecule has 0 spiro atoms. The number of para-hydroxylation sites is 1. The highest BCUT2D eigenvalue weighted by atomic mass is 15.0. The number of fused-ring (bicyclic) bond motifs is 6. The van der Waals surface area contributed by atoms with Crippen molar-refractivity contribution in [1.82, 2.24) is 9.13 Å². The van der Waals surface area contributed by atoms with E-state index in [-0.39, 0.29) is 0 Å². The molecule has 0 aliphatic carbocycles. The summed E-state index contributed by atoms with van der Waals surface area (Å²) in [5.41, 5.74) is 19.6. The van der Waals surface area contributed by atoms with Gasteiger partial charge in [0.2, 0.25) is 0 Å². The molecule has 2 aromatic heterocycles. The van der Waals surface area contributed by atoms with Crippen molar-refractivity contribution in [3.63, 3.8) is 0 Å². The molecule has 81 heavy (non-hydrogen) atoms. The van der Waals surface area contributed by atoms with Gasteiger partial charge in [-0.2, -0.15) is 26.3 Å². The Bertz CT molecular complexity index is 4870. The van der Waals surface area contributed by atoms with Crippen molar-refractivity contribution in [2.75, 3.05) is 0 Å². The Labute approximate surface area is 467 Å². The summed E-state index contributed by atoms with van der Waals surface area (Å²) in [6.07, 6.45) is 0. The van der Waals surface area contributed by atoms with Gasteiger partial charge in [-0.05, 0) is 183 Å². The maximum absolute atomic E-state index is 10.8. The highest BCUT2D eigenvalue weighted by molar-refractivity contribution is 6.14. The molecule has 8 heteroatoms. The van der Waals surface area contributed by atoms with Gasteiger partial charge in [-0.1, -0.05) is 115 Å². The van der Waals surface area contributed by atoms with E-state index in [9.17, 15) is 26.3 Å². The van der Waals surface area contributed by atoms with E-state index in [1.807, 2.05) is 153 Å². The molecule has 0 fully saturated rings. The van der Waals surface area contributed by atoms with Crippen LogP contribution in [0.3, 0.4) is 0 Å². The molecule has 0 aliphatic rings. The van der Waals surface area contributed by atoms with Crippen LogP contribution >= 0.6 is 0 Å². The van der Waals surface area contributed by atoms with Gasteiger partial charge in [0, 0.05) is 32.8 Å². The van der Waals surface area contributed by atoms with Crippen LogP contribution < -0.4 is 0 Å². The Morgan fingerprint density at radius 3 is 1.22 bits per heavy atom. The zero-order valence-corrected chi connectivity index (χ0v) is 43.4. The summed E-state index contributed by atoms with van der Waals surface area (Å²) < 4.78 is 4.50. The molecule has 8 nitrogen and oxygen atoms in total. The molecule has 0 amide bonds. The van der Waals surface area contributed by atoms with Gasteiger partial charge in [0.05, 0.1) is 92.5 Å². The van der Waals surface area contributed by atoms with Crippen LogP contribution in [0, 0.1) is 70.2 Å². The lowest BCUT2D eigenvalue weighted by Gasteiger charge is -2.20. The highest BCUT2D eigenvalue weighted by Crippen LogP contribution is 2.46. The Balaban J connectivity index is 1.11. The fraction of sp³-hybridized carbons (Fsp3) is 0.0137. The zero-order chi connectivity index (χ0) is 55.3. The van der Waals surface area contributed by atoms with Gasteiger partial charge in [0.15, 0.2) is 5.69 Å². The minimum atomic E-state index is 0.461. The molecule has 2 heterocycles. The number of hydrogen-bond acceptors (Lipinski definition) is 5. The minimum Gasteiger partial charge on any atom is -0.309 e. The van der Waals surface area contributed by atoms with Crippen LogP contribution in [0.15, 0.2) is 224 Å². The van der Waals surface area contributed by atoms with E-state index in [0.29, 0.717) is 33.5 Å². The molecule has 0 bridgehead atoms. The summed E-state index contributed by atoms with van der Waals surface area (Å²) in [5, 5.41) is 55.3. The first-order valence-electron chi connectivity index (χ1n) is 26.1. The number of nitrogens with zero attached hydrogens (tertiary/aromatic N) is 8. The van der Waals surface area contributed by atoms with Crippen LogP contribution in [0.4, 0.5) is 5.69 Å². The standard InChI is InChI=1S/C73H40N8/c1-45-33-46(40-74)19-26-56(45)61-27-25-55(80-69-29-21-48(57-14-6-3-11-52(57)42-76)35-64(69)65-38-51(24-30-70(65)80)60-17-9-10-18-68(60)79-2)39-62(61)63-34-47(41-75)20-28-71(63)81-72-31-22-49(58-15-7-4-12-53(58)43-77)36-66(72)67-37-50(23-32-73(67)81)59-16-8-5-13-54(59)44-78/h3-39H,1H3. The Kier molecular flexibility index (Phi) is 11.9. The quantitative estimate of drug-likeness (QED) is 0.140. The third kappa shape index (κ3) is 8.11. The van der Waals surface area contributed by atoms with Crippen LogP contribution in [-0.4, -0.2) is 9.13 Å². The maximum atomic E-state index is 10.8. The van der Waals surface area contributed by atoms with Crippen LogP contribution in [0.5, 0.6) is 0 Å².